The summed E-state index contributed by atoms with van der Waals surface area (Å²) in [6.45, 7) is 7.04. The van der Waals surface area contributed by atoms with Gasteiger partial charge < -0.3 is 10.6 Å². The van der Waals surface area contributed by atoms with Crippen LogP contribution in [0.3, 0.4) is 0 Å². The zero-order chi connectivity index (χ0) is 10.4. The zero-order valence-electron chi connectivity index (χ0n) is 8.73. The molecule has 0 aliphatic heterocycles. The average Bonchev–Trinajstić information content (AvgIpc) is 2.19. The molecule has 0 saturated carbocycles. The van der Waals surface area contributed by atoms with Crippen LogP contribution < -0.4 is 10.6 Å². The van der Waals surface area contributed by atoms with Gasteiger partial charge in [-0.15, -0.1) is 0 Å². The van der Waals surface area contributed by atoms with Crippen molar-refractivity contribution in [2.45, 2.75) is 13.8 Å². The van der Waals surface area contributed by atoms with E-state index < -0.39 is 0 Å². The minimum absolute atomic E-state index is 0.818. The molecule has 0 unspecified atom stereocenters. The molecule has 0 aliphatic carbocycles. The minimum atomic E-state index is 0.818. The molecule has 0 radical (unpaired) electrons. The van der Waals surface area contributed by atoms with Gasteiger partial charge in [0.2, 0.25) is 0 Å². The summed E-state index contributed by atoms with van der Waals surface area (Å²) in [6.07, 6.45) is 0. The molecule has 0 amide bonds. The Kier molecular flexibility index (Phi) is 4.77. The molecule has 0 aromatic heterocycles. The van der Waals surface area contributed by atoms with Crippen molar-refractivity contribution in [2.75, 3.05) is 25.0 Å². The highest BCUT2D eigenvalue weighted by Gasteiger charge is 1.99. The second-order valence-electron chi connectivity index (χ2n) is 3.19. The summed E-state index contributed by atoms with van der Waals surface area (Å²) in [5.41, 5.74) is 2.24. The summed E-state index contributed by atoms with van der Waals surface area (Å²) in [7, 11) is 0. The first-order valence-electron chi connectivity index (χ1n) is 4.95. The number of hydrogen-bond acceptors (Lipinski definition) is 2. The summed E-state index contributed by atoms with van der Waals surface area (Å²) >= 11 is 6.00. The zero-order valence-corrected chi connectivity index (χ0v) is 9.49. The first-order chi connectivity index (χ1) is 6.75. The highest BCUT2D eigenvalue weighted by molar-refractivity contribution is 6.31. The van der Waals surface area contributed by atoms with Crippen LogP contribution >= 0.6 is 11.6 Å². The standard InChI is InChI=1S/C11H17ClN2/c1-3-13-7-8-14-11-6-4-5-10(12)9(11)2/h4-6,13-14H,3,7-8H2,1-2H3. The molecule has 0 spiro atoms. The summed E-state index contributed by atoms with van der Waals surface area (Å²) in [4.78, 5) is 0. The van der Waals surface area contributed by atoms with Crippen molar-refractivity contribution >= 4 is 17.3 Å². The van der Waals surface area contributed by atoms with E-state index in [4.69, 9.17) is 11.6 Å². The van der Waals surface area contributed by atoms with E-state index in [-0.39, 0.29) is 0 Å². The van der Waals surface area contributed by atoms with Gasteiger partial charge in [-0.2, -0.15) is 0 Å². The predicted octanol–water partition coefficient (Wildman–Crippen LogP) is 2.67. The molecular weight excluding hydrogens is 196 g/mol. The molecule has 2 N–H and O–H groups in total. The molecule has 0 fully saturated rings. The fraction of sp³-hybridized carbons (Fsp3) is 0.455. The first kappa shape index (κ1) is 11.3. The van der Waals surface area contributed by atoms with Gasteiger partial charge in [0.05, 0.1) is 0 Å². The number of hydrogen-bond donors (Lipinski definition) is 2. The third kappa shape index (κ3) is 3.20. The number of rotatable bonds is 5. The van der Waals surface area contributed by atoms with Gasteiger partial charge in [0.15, 0.2) is 0 Å². The monoisotopic (exact) mass is 212 g/mol. The van der Waals surface area contributed by atoms with Gasteiger partial charge in [-0.3, -0.25) is 0 Å². The van der Waals surface area contributed by atoms with Crippen LogP contribution in [0.4, 0.5) is 5.69 Å². The van der Waals surface area contributed by atoms with E-state index >= 15 is 0 Å². The number of likely N-dealkylation sites (N-methyl/N-ethyl adjacent to an activating group) is 1. The van der Waals surface area contributed by atoms with Crippen LogP contribution in [-0.4, -0.2) is 19.6 Å². The van der Waals surface area contributed by atoms with E-state index in [9.17, 15) is 0 Å². The number of halogens is 1. The van der Waals surface area contributed by atoms with Crippen LogP contribution in [0.25, 0.3) is 0 Å². The third-order valence-electron chi connectivity index (χ3n) is 2.13. The maximum Gasteiger partial charge on any atom is 0.0455 e. The molecule has 14 heavy (non-hydrogen) atoms. The Balaban J connectivity index is 2.46. The van der Waals surface area contributed by atoms with E-state index in [2.05, 4.69) is 17.6 Å². The molecule has 0 aliphatic rings. The Labute approximate surface area is 90.7 Å². The highest BCUT2D eigenvalue weighted by atomic mass is 35.5. The second kappa shape index (κ2) is 5.89. The van der Waals surface area contributed by atoms with E-state index in [1.54, 1.807) is 0 Å². The fourth-order valence-corrected chi connectivity index (χ4v) is 1.44. The Morgan fingerprint density at radius 3 is 2.79 bits per heavy atom. The molecule has 3 heteroatoms. The van der Waals surface area contributed by atoms with Crippen LogP contribution in [0.15, 0.2) is 18.2 Å². The van der Waals surface area contributed by atoms with Crippen LogP contribution in [0.1, 0.15) is 12.5 Å². The number of benzene rings is 1. The summed E-state index contributed by atoms with van der Waals surface area (Å²) in [5.74, 6) is 0. The quantitative estimate of drug-likeness (QED) is 0.734. The molecule has 1 aromatic carbocycles. The Hall–Kier alpha value is -0.730. The lowest BCUT2D eigenvalue weighted by Crippen LogP contribution is -2.21. The van der Waals surface area contributed by atoms with E-state index in [1.165, 1.54) is 0 Å². The van der Waals surface area contributed by atoms with Crippen LogP contribution in [0.2, 0.25) is 5.02 Å². The van der Waals surface area contributed by atoms with Crippen molar-refractivity contribution in [3.05, 3.63) is 28.8 Å². The smallest absolute Gasteiger partial charge is 0.0455 e. The summed E-state index contributed by atoms with van der Waals surface area (Å²) < 4.78 is 0. The topological polar surface area (TPSA) is 24.1 Å². The lowest BCUT2D eigenvalue weighted by atomic mass is 10.2. The molecule has 0 saturated heterocycles. The molecule has 0 heterocycles. The van der Waals surface area contributed by atoms with Gasteiger partial charge in [-0.1, -0.05) is 24.6 Å². The van der Waals surface area contributed by atoms with E-state index in [1.807, 2.05) is 25.1 Å². The van der Waals surface area contributed by atoms with E-state index in [0.29, 0.717) is 0 Å². The Morgan fingerprint density at radius 1 is 1.29 bits per heavy atom. The molecular formula is C11H17ClN2. The molecule has 0 atom stereocenters. The Bertz CT molecular complexity index is 287. The van der Waals surface area contributed by atoms with Crippen molar-refractivity contribution < 1.29 is 0 Å². The lowest BCUT2D eigenvalue weighted by molar-refractivity contribution is 0.739. The summed E-state index contributed by atoms with van der Waals surface area (Å²) in [6, 6.07) is 5.92. The maximum atomic E-state index is 6.00. The Morgan fingerprint density at radius 2 is 2.07 bits per heavy atom. The number of anilines is 1. The normalized spacial score (nSPS) is 10.2. The van der Waals surface area contributed by atoms with Crippen LogP contribution in [-0.2, 0) is 0 Å². The molecule has 1 aromatic rings. The van der Waals surface area contributed by atoms with Gasteiger partial charge in [-0.05, 0) is 31.2 Å². The third-order valence-corrected chi connectivity index (χ3v) is 2.54. The average molecular weight is 213 g/mol. The van der Waals surface area contributed by atoms with Crippen LogP contribution in [0, 0.1) is 6.92 Å². The lowest BCUT2D eigenvalue weighted by Gasteiger charge is -2.10. The van der Waals surface area contributed by atoms with Crippen molar-refractivity contribution in [2.24, 2.45) is 0 Å². The van der Waals surface area contributed by atoms with Crippen molar-refractivity contribution in [3.8, 4) is 0 Å². The molecule has 78 valence electrons. The first-order valence-corrected chi connectivity index (χ1v) is 5.33. The molecule has 2 nitrogen and oxygen atoms in total. The number of nitrogens with one attached hydrogen (secondary N) is 2. The van der Waals surface area contributed by atoms with Gasteiger partial charge >= 0.3 is 0 Å². The molecule has 1 rings (SSSR count). The second-order valence-corrected chi connectivity index (χ2v) is 3.60. The summed E-state index contributed by atoms with van der Waals surface area (Å²) in [5, 5.41) is 7.42. The maximum absolute atomic E-state index is 6.00. The largest absolute Gasteiger partial charge is 0.384 e. The SMILES string of the molecule is CCNCCNc1cccc(Cl)c1C. The van der Waals surface area contributed by atoms with Gasteiger partial charge in [-0.25, -0.2) is 0 Å². The van der Waals surface area contributed by atoms with Gasteiger partial charge in [0, 0.05) is 23.8 Å². The fourth-order valence-electron chi connectivity index (χ4n) is 1.26. The predicted molar refractivity (Wildman–Crippen MR) is 63.2 cm³/mol. The van der Waals surface area contributed by atoms with E-state index in [0.717, 1.165) is 35.9 Å². The minimum Gasteiger partial charge on any atom is -0.384 e. The van der Waals surface area contributed by atoms with Crippen molar-refractivity contribution in [1.82, 2.24) is 5.32 Å². The van der Waals surface area contributed by atoms with Crippen LogP contribution in [0.5, 0.6) is 0 Å². The highest BCUT2D eigenvalue weighted by Crippen LogP contribution is 2.22. The molecule has 0 bridgehead atoms. The van der Waals surface area contributed by atoms with Gasteiger partial charge in [0.25, 0.3) is 0 Å². The van der Waals surface area contributed by atoms with Crippen molar-refractivity contribution in [1.29, 1.82) is 0 Å². The van der Waals surface area contributed by atoms with Gasteiger partial charge in [0.1, 0.15) is 0 Å². The van der Waals surface area contributed by atoms with Crippen molar-refractivity contribution in [3.63, 3.8) is 0 Å².